The number of aryl methyl sites for hydroxylation is 1. The molecule has 1 aliphatic heterocycles. The maximum Gasteiger partial charge on any atom is 0.246 e. The minimum Gasteiger partial charge on any atom is -0.347 e. The summed E-state index contributed by atoms with van der Waals surface area (Å²) in [5, 5.41) is 12.9. The summed E-state index contributed by atoms with van der Waals surface area (Å²) in [6.45, 7) is 1.67. The van der Waals surface area contributed by atoms with Crippen molar-refractivity contribution in [3.63, 3.8) is 0 Å². The average molecular weight is 374 g/mol. The Balaban J connectivity index is 1.49. The van der Waals surface area contributed by atoms with Crippen molar-refractivity contribution in [3.8, 4) is 0 Å². The number of nitrogens with one attached hydrogen (secondary N) is 3. The second kappa shape index (κ2) is 8.72. The van der Waals surface area contributed by atoms with Gasteiger partial charge in [0.2, 0.25) is 17.8 Å². The van der Waals surface area contributed by atoms with Gasteiger partial charge in [0.15, 0.2) is 5.82 Å². The lowest BCUT2D eigenvalue weighted by molar-refractivity contribution is -0.123. The first-order chi connectivity index (χ1) is 13.0. The van der Waals surface area contributed by atoms with Gasteiger partial charge < -0.3 is 10.6 Å². The molecule has 1 aromatic carbocycles. The van der Waals surface area contributed by atoms with Crippen LogP contribution in [0.4, 0.5) is 10.3 Å². The molecular weight excluding hydrogens is 351 g/mol. The van der Waals surface area contributed by atoms with Crippen molar-refractivity contribution >= 4 is 17.8 Å². The number of anilines is 1. The molecule has 3 rings (SSSR count). The fraction of sp³-hybridized carbons (Fsp3) is 0.444. The molecule has 0 atom stereocenters. The molecule has 9 heteroatoms. The number of rotatable bonds is 6. The van der Waals surface area contributed by atoms with Crippen molar-refractivity contribution in [2.75, 3.05) is 25.0 Å². The number of nitrogens with zero attached hydrogens (tertiary/aromatic N) is 3. The summed E-state index contributed by atoms with van der Waals surface area (Å²) in [6, 6.07) is 5.80. The largest absolute Gasteiger partial charge is 0.347 e. The first-order valence-corrected chi connectivity index (χ1v) is 8.94. The average Bonchev–Trinajstić information content (AvgIpc) is 3.01. The van der Waals surface area contributed by atoms with Gasteiger partial charge in [0, 0.05) is 13.0 Å². The Morgan fingerprint density at radius 2 is 2.07 bits per heavy atom. The third-order valence-electron chi connectivity index (χ3n) is 4.43. The van der Waals surface area contributed by atoms with Crippen LogP contribution in [0, 0.1) is 5.82 Å². The zero-order valence-electron chi connectivity index (χ0n) is 15.2. The predicted octanol–water partition coefficient (Wildman–Crippen LogP) is 0.719. The summed E-state index contributed by atoms with van der Waals surface area (Å²) >= 11 is 0. The van der Waals surface area contributed by atoms with E-state index >= 15 is 0 Å². The zero-order chi connectivity index (χ0) is 19.2. The number of piperidine rings is 1. The lowest BCUT2D eigenvalue weighted by Crippen LogP contribution is -2.34. The van der Waals surface area contributed by atoms with Crippen LogP contribution in [0.1, 0.15) is 30.1 Å². The van der Waals surface area contributed by atoms with Gasteiger partial charge in [-0.25, -0.2) is 9.07 Å². The van der Waals surface area contributed by atoms with Crippen LogP contribution in [0.25, 0.3) is 0 Å². The molecule has 1 saturated heterocycles. The number of amides is 2. The Bertz CT molecular complexity index is 816. The molecule has 1 aromatic heterocycles. The van der Waals surface area contributed by atoms with E-state index in [0.29, 0.717) is 11.5 Å². The van der Waals surface area contributed by atoms with Gasteiger partial charge in [0.1, 0.15) is 5.82 Å². The normalized spacial score (nSPS) is 14.7. The van der Waals surface area contributed by atoms with Gasteiger partial charge in [-0.2, -0.15) is 10.1 Å². The maximum atomic E-state index is 13.1. The van der Waals surface area contributed by atoms with Crippen molar-refractivity contribution in [1.82, 2.24) is 25.4 Å². The van der Waals surface area contributed by atoms with E-state index in [9.17, 15) is 14.0 Å². The van der Waals surface area contributed by atoms with Gasteiger partial charge in [-0.15, -0.1) is 0 Å². The topological polar surface area (TPSA) is 101 Å². The summed E-state index contributed by atoms with van der Waals surface area (Å²) in [4.78, 5) is 28.4. The molecule has 2 heterocycles. The molecule has 0 aliphatic carbocycles. The van der Waals surface area contributed by atoms with Crippen LogP contribution in [0.15, 0.2) is 24.3 Å². The molecule has 3 N–H and O–H groups in total. The van der Waals surface area contributed by atoms with E-state index in [1.807, 2.05) is 0 Å². The number of hydrogen-bond donors (Lipinski definition) is 3. The molecule has 0 radical (unpaired) electrons. The molecular formula is C18H23FN6O2. The molecule has 8 nitrogen and oxygen atoms in total. The highest BCUT2D eigenvalue weighted by Crippen LogP contribution is 2.23. The quantitative estimate of drug-likeness (QED) is 0.692. The molecule has 2 aromatic rings. The van der Waals surface area contributed by atoms with E-state index in [1.54, 1.807) is 19.2 Å². The number of halogens is 1. The Kier molecular flexibility index (Phi) is 6.12. The molecule has 1 aliphatic rings. The highest BCUT2D eigenvalue weighted by Gasteiger charge is 2.21. The SMILES string of the molecule is Cn1nc(C2CCNCC2)nc1NC(=O)CNC(=O)Cc1cccc(F)c1. The number of carbonyl (C=O) groups is 2. The van der Waals surface area contributed by atoms with Gasteiger partial charge in [0.05, 0.1) is 13.0 Å². The van der Waals surface area contributed by atoms with Gasteiger partial charge in [-0.1, -0.05) is 12.1 Å². The standard InChI is InChI=1S/C18H23FN6O2/c1-25-18(23-17(24-25)13-5-7-20-8-6-13)22-16(27)11-21-15(26)10-12-3-2-4-14(19)9-12/h2-4,9,13,20H,5-8,10-11H2,1H3,(H,21,26)(H,22,23,24,27). The van der Waals surface area contributed by atoms with Crippen molar-refractivity contribution in [2.45, 2.75) is 25.2 Å². The van der Waals surface area contributed by atoms with Crippen LogP contribution in [0.3, 0.4) is 0 Å². The van der Waals surface area contributed by atoms with Crippen LogP contribution in [-0.4, -0.2) is 46.2 Å². The van der Waals surface area contributed by atoms with Crippen LogP contribution in [0.5, 0.6) is 0 Å². The van der Waals surface area contributed by atoms with Crippen molar-refractivity contribution < 1.29 is 14.0 Å². The minimum atomic E-state index is -0.398. The third kappa shape index (κ3) is 5.33. The minimum absolute atomic E-state index is 0.00879. The highest BCUT2D eigenvalue weighted by atomic mass is 19.1. The molecule has 0 saturated carbocycles. The molecule has 144 valence electrons. The first-order valence-electron chi connectivity index (χ1n) is 8.94. The van der Waals surface area contributed by atoms with E-state index in [1.165, 1.54) is 16.8 Å². The summed E-state index contributed by atoms with van der Waals surface area (Å²) in [7, 11) is 1.72. The highest BCUT2D eigenvalue weighted by molar-refractivity contribution is 5.93. The lowest BCUT2D eigenvalue weighted by Gasteiger charge is -2.19. The van der Waals surface area contributed by atoms with Crippen LogP contribution in [0.2, 0.25) is 0 Å². The second-order valence-corrected chi connectivity index (χ2v) is 6.57. The monoisotopic (exact) mass is 374 g/mol. The van der Waals surface area contributed by atoms with E-state index < -0.39 is 11.7 Å². The number of benzene rings is 1. The Morgan fingerprint density at radius 3 is 2.81 bits per heavy atom. The third-order valence-corrected chi connectivity index (χ3v) is 4.43. The van der Waals surface area contributed by atoms with Crippen molar-refractivity contribution in [3.05, 3.63) is 41.5 Å². The van der Waals surface area contributed by atoms with E-state index in [0.717, 1.165) is 31.8 Å². The van der Waals surface area contributed by atoms with Gasteiger partial charge in [-0.3, -0.25) is 14.9 Å². The summed E-state index contributed by atoms with van der Waals surface area (Å²) in [5.41, 5.74) is 0.549. The van der Waals surface area contributed by atoms with Crippen LogP contribution in [-0.2, 0) is 23.1 Å². The van der Waals surface area contributed by atoms with Crippen LogP contribution >= 0.6 is 0 Å². The molecule has 0 spiro atoms. The number of aromatic nitrogens is 3. The fourth-order valence-electron chi connectivity index (χ4n) is 3.01. The molecule has 1 fully saturated rings. The van der Waals surface area contributed by atoms with Gasteiger partial charge >= 0.3 is 0 Å². The second-order valence-electron chi connectivity index (χ2n) is 6.57. The van der Waals surface area contributed by atoms with E-state index in [2.05, 4.69) is 26.0 Å². The van der Waals surface area contributed by atoms with Gasteiger partial charge in [-0.05, 0) is 43.6 Å². The summed E-state index contributed by atoms with van der Waals surface area (Å²) in [5.74, 6) is 0.218. The maximum absolute atomic E-state index is 13.1. The molecule has 0 unspecified atom stereocenters. The summed E-state index contributed by atoms with van der Waals surface area (Å²) < 4.78 is 14.7. The number of carbonyl (C=O) groups excluding carboxylic acids is 2. The Hall–Kier alpha value is -2.81. The summed E-state index contributed by atoms with van der Waals surface area (Å²) in [6.07, 6.45) is 1.94. The van der Waals surface area contributed by atoms with Crippen molar-refractivity contribution in [2.24, 2.45) is 7.05 Å². The Labute approximate surface area is 156 Å². The van der Waals surface area contributed by atoms with Gasteiger partial charge in [0.25, 0.3) is 0 Å². The molecule has 0 bridgehead atoms. The number of hydrogen-bond acceptors (Lipinski definition) is 5. The zero-order valence-corrected chi connectivity index (χ0v) is 15.2. The van der Waals surface area contributed by atoms with E-state index in [-0.39, 0.29) is 24.8 Å². The predicted molar refractivity (Wildman–Crippen MR) is 97.6 cm³/mol. The first kappa shape index (κ1) is 19.0. The smallest absolute Gasteiger partial charge is 0.246 e. The molecule has 27 heavy (non-hydrogen) atoms. The Morgan fingerprint density at radius 1 is 1.30 bits per heavy atom. The lowest BCUT2D eigenvalue weighted by atomic mass is 9.98. The van der Waals surface area contributed by atoms with E-state index in [4.69, 9.17) is 0 Å². The van der Waals surface area contributed by atoms with Crippen molar-refractivity contribution in [1.29, 1.82) is 0 Å². The fourth-order valence-corrected chi connectivity index (χ4v) is 3.01. The molecule has 2 amide bonds. The van der Waals surface area contributed by atoms with Crippen LogP contribution < -0.4 is 16.0 Å².